The summed E-state index contributed by atoms with van der Waals surface area (Å²) < 4.78 is 0. The molecular formula is C12H25NO. The van der Waals surface area contributed by atoms with Gasteiger partial charge in [-0.25, -0.2) is 0 Å². The van der Waals surface area contributed by atoms with E-state index in [1.807, 2.05) is 0 Å². The summed E-state index contributed by atoms with van der Waals surface area (Å²) in [7, 11) is 0. The third kappa shape index (κ3) is 2.71. The first-order valence-electron chi connectivity index (χ1n) is 5.98. The van der Waals surface area contributed by atoms with Crippen LogP contribution in [0.5, 0.6) is 0 Å². The third-order valence-corrected chi connectivity index (χ3v) is 3.75. The van der Waals surface area contributed by atoms with E-state index in [-0.39, 0.29) is 6.10 Å². The molecule has 1 fully saturated rings. The van der Waals surface area contributed by atoms with E-state index in [0.29, 0.717) is 6.04 Å². The molecule has 84 valence electrons. The number of aliphatic hydroxyl groups excluding tert-OH is 1. The summed E-state index contributed by atoms with van der Waals surface area (Å²) in [5.41, 5.74) is 0. The highest BCUT2D eigenvalue weighted by Crippen LogP contribution is 2.26. The first-order valence-corrected chi connectivity index (χ1v) is 5.98. The van der Waals surface area contributed by atoms with E-state index >= 15 is 0 Å². The van der Waals surface area contributed by atoms with Crippen molar-refractivity contribution in [3.8, 4) is 0 Å². The fourth-order valence-electron chi connectivity index (χ4n) is 2.31. The van der Waals surface area contributed by atoms with Crippen molar-refractivity contribution in [1.29, 1.82) is 0 Å². The molecule has 1 saturated heterocycles. The molecule has 1 rings (SSSR count). The number of nitrogens with zero attached hydrogens (tertiary/aromatic N) is 1. The lowest BCUT2D eigenvalue weighted by atomic mass is 9.95. The summed E-state index contributed by atoms with van der Waals surface area (Å²) >= 11 is 0. The maximum atomic E-state index is 9.77. The highest BCUT2D eigenvalue weighted by molar-refractivity contribution is 4.83. The van der Waals surface area contributed by atoms with E-state index in [0.717, 1.165) is 18.3 Å². The van der Waals surface area contributed by atoms with E-state index in [9.17, 15) is 5.11 Å². The Kier molecular flexibility index (Phi) is 4.39. The minimum Gasteiger partial charge on any atom is -0.392 e. The van der Waals surface area contributed by atoms with Gasteiger partial charge in [-0.3, -0.25) is 4.90 Å². The zero-order valence-electron chi connectivity index (χ0n) is 10.0. The number of aliphatic hydroxyl groups is 1. The molecule has 1 aliphatic rings. The largest absolute Gasteiger partial charge is 0.392 e. The number of hydrogen-bond donors (Lipinski definition) is 1. The molecule has 0 bridgehead atoms. The zero-order chi connectivity index (χ0) is 10.7. The smallest absolute Gasteiger partial charge is 0.0690 e. The van der Waals surface area contributed by atoms with Crippen molar-refractivity contribution in [3.63, 3.8) is 0 Å². The zero-order valence-corrected chi connectivity index (χ0v) is 10.0. The lowest BCUT2D eigenvalue weighted by Crippen LogP contribution is -2.40. The average Bonchev–Trinajstić information content (AvgIpc) is 2.64. The quantitative estimate of drug-likeness (QED) is 0.749. The Labute approximate surface area is 88.3 Å². The maximum Gasteiger partial charge on any atom is 0.0690 e. The molecule has 3 unspecified atom stereocenters. The average molecular weight is 199 g/mol. The Balaban J connectivity index is 2.41. The van der Waals surface area contributed by atoms with E-state index < -0.39 is 0 Å². The molecule has 0 radical (unpaired) electrons. The lowest BCUT2D eigenvalue weighted by molar-refractivity contribution is 0.0659. The molecule has 1 N–H and O–H groups in total. The predicted molar refractivity (Wildman–Crippen MR) is 60.3 cm³/mol. The van der Waals surface area contributed by atoms with Crippen molar-refractivity contribution in [2.24, 2.45) is 11.8 Å². The van der Waals surface area contributed by atoms with Crippen molar-refractivity contribution in [1.82, 2.24) is 4.90 Å². The Morgan fingerprint density at radius 1 is 1.36 bits per heavy atom. The monoisotopic (exact) mass is 199 g/mol. The van der Waals surface area contributed by atoms with Crippen LogP contribution < -0.4 is 0 Å². The lowest BCUT2D eigenvalue weighted by Gasteiger charge is -2.28. The van der Waals surface area contributed by atoms with Crippen molar-refractivity contribution < 1.29 is 5.11 Å². The molecule has 14 heavy (non-hydrogen) atoms. The molecule has 1 heterocycles. The maximum absolute atomic E-state index is 9.77. The molecule has 1 aliphatic heterocycles. The van der Waals surface area contributed by atoms with E-state index in [1.54, 1.807) is 0 Å². The van der Waals surface area contributed by atoms with Gasteiger partial charge in [0.2, 0.25) is 0 Å². The molecule has 2 nitrogen and oxygen atoms in total. The van der Waals surface area contributed by atoms with Crippen LogP contribution in [0, 0.1) is 11.8 Å². The fourth-order valence-corrected chi connectivity index (χ4v) is 2.31. The second-order valence-electron chi connectivity index (χ2n) is 5.00. The highest BCUT2D eigenvalue weighted by Gasteiger charge is 2.30. The molecule has 0 spiro atoms. The second kappa shape index (κ2) is 5.13. The molecular weight excluding hydrogens is 174 g/mol. The Bertz CT molecular complexity index is 170. The first-order chi connectivity index (χ1) is 6.56. The summed E-state index contributed by atoms with van der Waals surface area (Å²) in [6, 6.07) is 0.337. The number of rotatable bonds is 4. The molecule has 0 aromatic heterocycles. The Hall–Kier alpha value is -0.0800. The fraction of sp³-hybridized carbons (Fsp3) is 1.00. The van der Waals surface area contributed by atoms with E-state index in [2.05, 4.69) is 32.6 Å². The summed E-state index contributed by atoms with van der Waals surface area (Å²) in [6.07, 6.45) is 2.02. The molecule has 0 aliphatic carbocycles. The van der Waals surface area contributed by atoms with Crippen molar-refractivity contribution in [2.75, 3.05) is 13.1 Å². The van der Waals surface area contributed by atoms with Gasteiger partial charge in [0.05, 0.1) is 6.10 Å². The van der Waals surface area contributed by atoms with Gasteiger partial charge in [0.1, 0.15) is 0 Å². The van der Waals surface area contributed by atoms with Crippen LogP contribution in [0.3, 0.4) is 0 Å². The Morgan fingerprint density at radius 2 is 2.00 bits per heavy atom. The molecule has 0 aromatic rings. The van der Waals surface area contributed by atoms with Crippen molar-refractivity contribution in [3.05, 3.63) is 0 Å². The van der Waals surface area contributed by atoms with Gasteiger partial charge in [0, 0.05) is 12.6 Å². The van der Waals surface area contributed by atoms with Crippen molar-refractivity contribution in [2.45, 2.75) is 52.7 Å². The first kappa shape index (κ1) is 12.0. The highest BCUT2D eigenvalue weighted by atomic mass is 16.3. The van der Waals surface area contributed by atoms with Crippen LogP contribution >= 0.6 is 0 Å². The third-order valence-electron chi connectivity index (χ3n) is 3.75. The van der Waals surface area contributed by atoms with Gasteiger partial charge >= 0.3 is 0 Å². The molecule has 2 heteroatoms. The normalized spacial score (nSPS) is 28.3. The van der Waals surface area contributed by atoms with Crippen LogP contribution in [0.15, 0.2) is 0 Å². The van der Waals surface area contributed by atoms with Gasteiger partial charge in [-0.05, 0) is 38.1 Å². The van der Waals surface area contributed by atoms with Gasteiger partial charge in [-0.15, -0.1) is 0 Å². The van der Waals surface area contributed by atoms with Crippen LogP contribution in [-0.2, 0) is 0 Å². The predicted octanol–water partition coefficient (Wildman–Crippen LogP) is 2.12. The second-order valence-corrected chi connectivity index (χ2v) is 5.00. The summed E-state index contributed by atoms with van der Waals surface area (Å²) in [4.78, 5) is 2.44. The number of hydrogen-bond acceptors (Lipinski definition) is 2. The van der Waals surface area contributed by atoms with Gasteiger partial charge < -0.3 is 5.11 Å². The minimum absolute atomic E-state index is 0.152. The van der Waals surface area contributed by atoms with Gasteiger partial charge in [0.25, 0.3) is 0 Å². The van der Waals surface area contributed by atoms with Crippen LogP contribution in [0.1, 0.15) is 40.5 Å². The molecule has 3 atom stereocenters. The SMILES string of the molecule is CCC(O)C(C)N1CCC(C(C)C)C1. The van der Waals surface area contributed by atoms with Crippen LogP contribution in [0.2, 0.25) is 0 Å². The van der Waals surface area contributed by atoms with E-state index in [1.165, 1.54) is 19.5 Å². The molecule has 0 amide bonds. The van der Waals surface area contributed by atoms with Crippen LogP contribution in [-0.4, -0.2) is 35.2 Å². The molecule has 0 aromatic carbocycles. The number of likely N-dealkylation sites (tertiary alicyclic amines) is 1. The van der Waals surface area contributed by atoms with Crippen LogP contribution in [0.25, 0.3) is 0 Å². The van der Waals surface area contributed by atoms with E-state index in [4.69, 9.17) is 0 Å². The summed E-state index contributed by atoms with van der Waals surface area (Å²) in [6.45, 7) is 11.1. The van der Waals surface area contributed by atoms with Crippen LogP contribution in [0.4, 0.5) is 0 Å². The standard InChI is InChI=1S/C12H25NO/c1-5-12(14)10(4)13-7-6-11(8-13)9(2)3/h9-12,14H,5-8H2,1-4H3. The summed E-state index contributed by atoms with van der Waals surface area (Å²) in [5, 5.41) is 9.77. The topological polar surface area (TPSA) is 23.5 Å². The summed E-state index contributed by atoms with van der Waals surface area (Å²) in [5.74, 6) is 1.62. The van der Waals surface area contributed by atoms with Gasteiger partial charge in [0.15, 0.2) is 0 Å². The minimum atomic E-state index is -0.152. The van der Waals surface area contributed by atoms with Gasteiger partial charge in [-0.2, -0.15) is 0 Å². The van der Waals surface area contributed by atoms with Crippen molar-refractivity contribution >= 4 is 0 Å². The molecule has 0 saturated carbocycles. The Morgan fingerprint density at radius 3 is 2.43 bits per heavy atom. The van der Waals surface area contributed by atoms with Gasteiger partial charge in [-0.1, -0.05) is 20.8 Å².